The predicted molar refractivity (Wildman–Crippen MR) is 87.5 cm³/mol. The number of imidazole rings is 1. The summed E-state index contributed by atoms with van der Waals surface area (Å²) in [4.78, 5) is 8.88. The third-order valence-corrected chi connectivity index (χ3v) is 4.33. The fraction of sp³-hybridized carbons (Fsp3) is 0.312. The van der Waals surface area contributed by atoms with Crippen LogP contribution in [0.5, 0.6) is 0 Å². The van der Waals surface area contributed by atoms with E-state index in [1.165, 1.54) is 24.2 Å². The highest BCUT2D eigenvalue weighted by molar-refractivity contribution is 6.58. The second-order valence-electron chi connectivity index (χ2n) is 5.98. The third-order valence-electron chi connectivity index (χ3n) is 4.33. The Kier molecular flexibility index (Phi) is 3.91. The van der Waals surface area contributed by atoms with Gasteiger partial charge < -0.3 is 19.1 Å². The molecule has 1 aromatic carbocycles. The van der Waals surface area contributed by atoms with Gasteiger partial charge in [-0.2, -0.15) is 4.98 Å². The molecule has 2 N–H and O–H groups in total. The van der Waals surface area contributed by atoms with Gasteiger partial charge in [0.25, 0.3) is 0 Å². The van der Waals surface area contributed by atoms with Crippen LogP contribution in [0.4, 0.5) is 0 Å². The van der Waals surface area contributed by atoms with Crippen LogP contribution in [0.3, 0.4) is 0 Å². The van der Waals surface area contributed by atoms with Crippen molar-refractivity contribution in [2.45, 2.75) is 32.2 Å². The lowest BCUT2D eigenvalue weighted by atomic mass is 9.79. The molecule has 0 amide bonds. The molecule has 0 saturated heterocycles. The van der Waals surface area contributed by atoms with Crippen molar-refractivity contribution < 1.29 is 14.6 Å². The van der Waals surface area contributed by atoms with Crippen LogP contribution in [0.15, 0.2) is 35.1 Å². The molecule has 0 bridgehead atoms. The standard InChI is InChI=1S/C16H17BN4O3/c22-17(23)12-5-3-4-11(8-12)16-19-15(24-20-16)9-21-10-18-13-6-1-2-7-14(13)21/h3-5,8,10,22-23H,1-2,6-7,9H2. The van der Waals surface area contributed by atoms with Crippen molar-refractivity contribution in [3.05, 3.63) is 47.9 Å². The summed E-state index contributed by atoms with van der Waals surface area (Å²) in [6.07, 6.45) is 6.29. The number of nitrogens with zero attached hydrogens (tertiary/aromatic N) is 4. The van der Waals surface area contributed by atoms with E-state index in [1.54, 1.807) is 24.3 Å². The number of fused-ring (bicyclic) bond motifs is 1. The summed E-state index contributed by atoms with van der Waals surface area (Å²) >= 11 is 0. The summed E-state index contributed by atoms with van der Waals surface area (Å²) in [6.45, 7) is 0.498. The molecule has 0 fully saturated rings. The van der Waals surface area contributed by atoms with Gasteiger partial charge in [-0.1, -0.05) is 29.4 Å². The Labute approximate surface area is 139 Å². The van der Waals surface area contributed by atoms with E-state index in [2.05, 4.69) is 19.7 Å². The molecular weight excluding hydrogens is 307 g/mol. The zero-order chi connectivity index (χ0) is 16.5. The average molecular weight is 324 g/mol. The molecule has 3 aromatic rings. The van der Waals surface area contributed by atoms with Gasteiger partial charge in [-0.3, -0.25) is 0 Å². The molecule has 7 nitrogen and oxygen atoms in total. The Balaban J connectivity index is 1.57. The van der Waals surface area contributed by atoms with Crippen molar-refractivity contribution in [2.24, 2.45) is 0 Å². The molecule has 2 heterocycles. The van der Waals surface area contributed by atoms with Gasteiger partial charge in [-0.05, 0) is 31.1 Å². The zero-order valence-electron chi connectivity index (χ0n) is 13.1. The quantitative estimate of drug-likeness (QED) is 0.680. The second kappa shape index (κ2) is 6.22. The highest BCUT2D eigenvalue weighted by atomic mass is 16.5. The minimum absolute atomic E-state index is 0.391. The maximum atomic E-state index is 9.26. The summed E-state index contributed by atoms with van der Waals surface area (Å²) in [5, 5.41) is 22.5. The number of rotatable bonds is 4. The summed E-state index contributed by atoms with van der Waals surface area (Å²) in [5.74, 6) is 0.937. The van der Waals surface area contributed by atoms with Crippen LogP contribution in [-0.2, 0) is 19.4 Å². The second-order valence-corrected chi connectivity index (χ2v) is 5.98. The lowest BCUT2D eigenvalue weighted by Gasteiger charge is -2.12. The molecule has 2 aromatic heterocycles. The van der Waals surface area contributed by atoms with E-state index in [0.29, 0.717) is 29.3 Å². The van der Waals surface area contributed by atoms with E-state index >= 15 is 0 Å². The number of benzene rings is 1. The van der Waals surface area contributed by atoms with Crippen LogP contribution in [0.25, 0.3) is 11.4 Å². The highest BCUT2D eigenvalue weighted by Gasteiger charge is 2.18. The van der Waals surface area contributed by atoms with Crippen molar-refractivity contribution in [3.8, 4) is 11.4 Å². The predicted octanol–water partition coefficient (Wildman–Crippen LogP) is 0.540. The Bertz CT molecular complexity index is 859. The van der Waals surface area contributed by atoms with Crippen molar-refractivity contribution in [2.75, 3.05) is 0 Å². The lowest BCUT2D eigenvalue weighted by Crippen LogP contribution is -2.29. The van der Waals surface area contributed by atoms with E-state index in [4.69, 9.17) is 4.52 Å². The monoisotopic (exact) mass is 324 g/mol. The molecule has 1 aliphatic carbocycles. The number of hydrogen-bond donors (Lipinski definition) is 2. The van der Waals surface area contributed by atoms with Crippen LogP contribution in [0.2, 0.25) is 0 Å². The molecule has 0 spiro atoms. The van der Waals surface area contributed by atoms with Gasteiger partial charge in [-0.25, -0.2) is 4.98 Å². The van der Waals surface area contributed by atoms with E-state index in [0.717, 1.165) is 12.8 Å². The Morgan fingerprint density at radius 2 is 2.08 bits per heavy atom. The van der Waals surface area contributed by atoms with Crippen molar-refractivity contribution >= 4 is 12.6 Å². The van der Waals surface area contributed by atoms with Crippen LogP contribution in [-0.4, -0.2) is 36.9 Å². The molecule has 0 atom stereocenters. The van der Waals surface area contributed by atoms with Gasteiger partial charge in [0.15, 0.2) is 0 Å². The van der Waals surface area contributed by atoms with E-state index in [-0.39, 0.29) is 0 Å². The first-order valence-electron chi connectivity index (χ1n) is 8.02. The Morgan fingerprint density at radius 1 is 1.21 bits per heavy atom. The molecule has 0 aliphatic heterocycles. The normalized spacial score (nSPS) is 13.8. The smallest absolute Gasteiger partial charge is 0.423 e. The first-order chi connectivity index (χ1) is 11.7. The molecule has 0 unspecified atom stereocenters. The van der Waals surface area contributed by atoms with Crippen molar-refractivity contribution in [1.82, 2.24) is 19.7 Å². The van der Waals surface area contributed by atoms with Gasteiger partial charge in [0.05, 0.1) is 12.0 Å². The first-order valence-corrected chi connectivity index (χ1v) is 8.02. The van der Waals surface area contributed by atoms with Crippen LogP contribution in [0, 0.1) is 0 Å². The molecular formula is C16H17BN4O3. The average Bonchev–Trinajstić information content (AvgIpc) is 3.23. The minimum atomic E-state index is -1.52. The SMILES string of the molecule is OB(O)c1cccc(-c2noc(Cn3cnc4c3CCCC4)n2)c1. The summed E-state index contributed by atoms with van der Waals surface area (Å²) < 4.78 is 7.42. The van der Waals surface area contributed by atoms with Gasteiger partial charge in [-0.15, -0.1) is 0 Å². The number of aryl methyl sites for hydroxylation is 1. The zero-order valence-corrected chi connectivity index (χ0v) is 13.1. The van der Waals surface area contributed by atoms with Gasteiger partial charge in [0.2, 0.25) is 11.7 Å². The van der Waals surface area contributed by atoms with Crippen LogP contribution >= 0.6 is 0 Å². The molecule has 24 heavy (non-hydrogen) atoms. The molecule has 0 saturated carbocycles. The Hall–Kier alpha value is -2.45. The van der Waals surface area contributed by atoms with E-state index < -0.39 is 7.12 Å². The fourth-order valence-corrected chi connectivity index (χ4v) is 3.09. The maximum absolute atomic E-state index is 9.26. The first kappa shape index (κ1) is 15.1. The number of aromatic nitrogens is 4. The topological polar surface area (TPSA) is 97.2 Å². The highest BCUT2D eigenvalue weighted by Crippen LogP contribution is 2.21. The largest absolute Gasteiger partial charge is 0.488 e. The van der Waals surface area contributed by atoms with Crippen molar-refractivity contribution in [1.29, 1.82) is 0 Å². The van der Waals surface area contributed by atoms with E-state index in [9.17, 15) is 10.0 Å². The molecule has 122 valence electrons. The maximum Gasteiger partial charge on any atom is 0.488 e. The third kappa shape index (κ3) is 2.86. The van der Waals surface area contributed by atoms with Gasteiger partial charge >= 0.3 is 7.12 Å². The molecule has 8 heteroatoms. The minimum Gasteiger partial charge on any atom is -0.423 e. The van der Waals surface area contributed by atoms with Crippen LogP contribution < -0.4 is 5.46 Å². The summed E-state index contributed by atoms with van der Waals surface area (Å²) in [5.41, 5.74) is 3.50. The van der Waals surface area contributed by atoms with Crippen molar-refractivity contribution in [3.63, 3.8) is 0 Å². The van der Waals surface area contributed by atoms with Gasteiger partial charge in [0.1, 0.15) is 6.54 Å². The number of hydrogen-bond acceptors (Lipinski definition) is 6. The Morgan fingerprint density at radius 3 is 2.96 bits per heavy atom. The summed E-state index contributed by atoms with van der Waals surface area (Å²) in [6, 6.07) is 6.80. The van der Waals surface area contributed by atoms with Crippen LogP contribution in [0.1, 0.15) is 30.1 Å². The van der Waals surface area contributed by atoms with E-state index in [1.807, 2.05) is 6.33 Å². The lowest BCUT2D eigenvalue weighted by molar-refractivity contribution is 0.369. The summed E-state index contributed by atoms with van der Waals surface area (Å²) in [7, 11) is -1.52. The molecule has 0 radical (unpaired) electrons. The fourth-order valence-electron chi connectivity index (χ4n) is 3.09. The van der Waals surface area contributed by atoms with Gasteiger partial charge in [0, 0.05) is 11.3 Å². The molecule has 4 rings (SSSR count). The molecule has 1 aliphatic rings.